The quantitative estimate of drug-likeness (QED) is 0.299. The maximum atomic E-state index is 12.6. The van der Waals surface area contributed by atoms with E-state index in [2.05, 4.69) is 15.7 Å². The molecular weight excluding hydrogens is 221 g/mol. The van der Waals surface area contributed by atoms with Gasteiger partial charge in [-0.3, -0.25) is 10.4 Å². The van der Waals surface area contributed by atoms with Crippen molar-refractivity contribution in [2.24, 2.45) is 16.8 Å². The number of hydrazine groups is 1. The molecule has 0 aromatic heterocycles. The largest absolute Gasteiger partial charge is 0.411 e. The monoisotopic (exact) mass is 238 g/mol. The van der Waals surface area contributed by atoms with Gasteiger partial charge in [-0.15, -0.1) is 0 Å². The molecule has 16 heavy (non-hydrogen) atoms. The summed E-state index contributed by atoms with van der Waals surface area (Å²) >= 11 is 0. The van der Waals surface area contributed by atoms with Crippen LogP contribution in [0.5, 0.6) is 0 Å². The lowest BCUT2D eigenvalue weighted by Gasteiger charge is -2.22. The summed E-state index contributed by atoms with van der Waals surface area (Å²) in [5, 5.41) is 2.34. The predicted molar refractivity (Wildman–Crippen MR) is 55.6 cm³/mol. The Hall–Kier alpha value is -0.980. The molecular formula is C9H17F3N4. The van der Waals surface area contributed by atoms with Gasteiger partial charge < -0.3 is 5.32 Å². The van der Waals surface area contributed by atoms with Crippen molar-refractivity contribution < 1.29 is 13.2 Å². The van der Waals surface area contributed by atoms with E-state index in [1.165, 1.54) is 0 Å². The summed E-state index contributed by atoms with van der Waals surface area (Å²) in [4.78, 5) is 3.95. The van der Waals surface area contributed by atoms with E-state index in [-0.39, 0.29) is 24.7 Å². The Balaban J connectivity index is 2.61. The van der Waals surface area contributed by atoms with Gasteiger partial charge in [-0.05, 0) is 18.8 Å². The number of nitrogens with zero attached hydrogens (tertiary/aromatic N) is 1. The summed E-state index contributed by atoms with van der Waals surface area (Å²) in [6, 6.07) is 0. The SMILES string of the molecule is CC(C)CN=C(NN)NC1(C(F)(F)F)CC1. The first-order valence-electron chi connectivity index (χ1n) is 5.17. The van der Waals surface area contributed by atoms with E-state index >= 15 is 0 Å². The summed E-state index contributed by atoms with van der Waals surface area (Å²) in [7, 11) is 0. The van der Waals surface area contributed by atoms with Crippen molar-refractivity contribution in [3.8, 4) is 0 Å². The number of guanidine groups is 1. The third kappa shape index (κ3) is 3.01. The standard InChI is InChI=1S/C9H17F3N4/c1-6(2)5-14-7(16-13)15-8(3-4-8)9(10,11)12/h6H,3-5,13H2,1-2H3,(H2,14,15,16). The highest BCUT2D eigenvalue weighted by atomic mass is 19.4. The van der Waals surface area contributed by atoms with Crippen LogP contribution in [-0.2, 0) is 0 Å². The molecule has 0 aromatic carbocycles. The molecule has 4 N–H and O–H groups in total. The molecule has 0 unspecified atom stereocenters. The molecule has 1 saturated carbocycles. The first-order valence-corrected chi connectivity index (χ1v) is 5.17. The van der Waals surface area contributed by atoms with Crippen LogP contribution in [0.15, 0.2) is 4.99 Å². The molecule has 0 atom stereocenters. The van der Waals surface area contributed by atoms with Gasteiger partial charge in [0.15, 0.2) is 0 Å². The molecule has 7 heteroatoms. The second-order valence-electron chi connectivity index (χ2n) is 4.43. The van der Waals surface area contributed by atoms with Gasteiger partial charge in [-0.2, -0.15) is 13.2 Å². The Morgan fingerprint density at radius 3 is 2.31 bits per heavy atom. The second kappa shape index (κ2) is 4.48. The topological polar surface area (TPSA) is 62.4 Å². The number of hydrogen-bond donors (Lipinski definition) is 3. The summed E-state index contributed by atoms with van der Waals surface area (Å²) in [6.45, 7) is 4.28. The molecule has 0 heterocycles. The van der Waals surface area contributed by atoms with E-state index in [4.69, 9.17) is 5.84 Å². The Labute approximate surface area is 92.5 Å². The van der Waals surface area contributed by atoms with Gasteiger partial charge in [-0.25, -0.2) is 5.84 Å². The van der Waals surface area contributed by atoms with E-state index < -0.39 is 11.7 Å². The highest BCUT2D eigenvalue weighted by molar-refractivity contribution is 5.80. The molecule has 0 aromatic rings. The van der Waals surface area contributed by atoms with Gasteiger partial charge in [-0.1, -0.05) is 13.8 Å². The Kier molecular flexibility index (Phi) is 3.67. The fraction of sp³-hybridized carbons (Fsp3) is 0.889. The number of aliphatic imine (C=N–C) groups is 1. The average Bonchev–Trinajstić information content (AvgIpc) is 2.91. The van der Waals surface area contributed by atoms with E-state index in [1.807, 2.05) is 13.8 Å². The van der Waals surface area contributed by atoms with E-state index in [9.17, 15) is 13.2 Å². The van der Waals surface area contributed by atoms with Gasteiger partial charge in [0, 0.05) is 6.54 Å². The van der Waals surface area contributed by atoms with Crippen LogP contribution in [0.3, 0.4) is 0 Å². The minimum absolute atomic E-state index is 0.00326. The Morgan fingerprint density at radius 2 is 2.00 bits per heavy atom. The van der Waals surface area contributed by atoms with Gasteiger partial charge in [0.1, 0.15) is 5.54 Å². The highest BCUT2D eigenvalue weighted by Gasteiger charge is 2.64. The van der Waals surface area contributed by atoms with Crippen LogP contribution in [-0.4, -0.2) is 24.2 Å². The summed E-state index contributed by atoms with van der Waals surface area (Å²) < 4.78 is 37.8. The van der Waals surface area contributed by atoms with Crippen molar-refractivity contribution in [1.29, 1.82) is 0 Å². The lowest BCUT2D eigenvalue weighted by Crippen LogP contribution is -2.54. The van der Waals surface area contributed by atoms with Crippen LogP contribution in [0, 0.1) is 5.92 Å². The minimum Gasteiger partial charge on any atom is -0.341 e. The summed E-state index contributed by atoms with van der Waals surface area (Å²) in [5.41, 5.74) is 0.340. The summed E-state index contributed by atoms with van der Waals surface area (Å²) in [6.07, 6.45) is -4.12. The third-order valence-corrected chi connectivity index (χ3v) is 2.40. The normalized spacial score (nSPS) is 19.8. The number of alkyl halides is 3. The van der Waals surface area contributed by atoms with Crippen LogP contribution in [0.4, 0.5) is 13.2 Å². The molecule has 4 nitrogen and oxygen atoms in total. The predicted octanol–water partition coefficient (Wildman–Crippen LogP) is 1.15. The molecule has 0 spiro atoms. The second-order valence-corrected chi connectivity index (χ2v) is 4.43. The van der Waals surface area contributed by atoms with Gasteiger partial charge in [0.2, 0.25) is 5.96 Å². The van der Waals surface area contributed by atoms with Crippen LogP contribution in [0.25, 0.3) is 0 Å². The number of halogens is 3. The fourth-order valence-electron chi connectivity index (χ4n) is 1.23. The number of nitrogens with two attached hydrogens (primary N) is 1. The van der Waals surface area contributed by atoms with Crippen molar-refractivity contribution in [2.45, 2.75) is 38.4 Å². The molecule has 1 rings (SSSR count). The molecule has 0 bridgehead atoms. The van der Waals surface area contributed by atoms with E-state index in [0.717, 1.165) is 0 Å². The molecule has 0 aliphatic heterocycles. The molecule has 1 aliphatic rings. The van der Waals surface area contributed by atoms with Crippen LogP contribution in [0.2, 0.25) is 0 Å². The van der Waals surface area contributed by atoms with Crippen molar-refractivity contribution >= 4 is 5.96 Å². The van der Waals surface area contributed by atoms with Crippen molar-refractivity contribution in [3.05, 3.63) is 0 Å². The molecule has 0 saturated heterocycles. The van der Waals surface area contributed by atoms with Gasteiger partial charge >= 0.3 is 6.18 Å². The maximum Gasteiger partial charge on any atom is 0.411 e. The van der Waals surface area contributed by atoms with Gasteiger partial charge in [0.05, 0.1) is 0 Å². The minimum atomic E-state index is -4.26. The van der Waals surface area contributed by atoms with E-state index in [0.29, 0.717) is 6.54 Å². The van der Waals surface area contributed by atoms with Crippen molar-refractivity contribution in [1.82, 2.24) is 10.7 Å². The van der Waals surface area contributed by atoms with Crippen molar-refractivity contribution in [2.75, 3.05) is 6.54 Å². The Bertz CT molecular complexity index is 268. The zero-order valence-corrected chi connectivity index (χ0v) is 9.36. The van der Waals surface area contributed by atoms with Crippen LogP contribution < -0.4 is 16.6 Å². The van der Waals surface area contributed by atoms with Crippen molar-refractivity contribution in [3.63, 3.8) is 0 Å². The number of nitrogens with one attached hydrogen (secondary N) is 2. The molecule has 1 fully saturated rings. The zero-order valence-electron chi connectivity index (χ0n) is 9.36. The zero-order chi connectivity index (χ0) is 12.4. The Morgan fingerprint density at radius 1 is 1.44 bits per heavy atom. The van der Waals surface area contributed by atoms with E-state index in [1.54, 1.807) is 0 Å². The number of hydrogen-bond acceptors (Lipinski definition) is 2. The molecule has 1 aliphatic carbocycles. The molecule has 0 amide bonds. The van der Waals surface area contributed by atoms with Gasteiger partial charge in [0.25, 0.3) is 0 Å². The smallest absolute Gasteiger partial charge is 0.341 e. The third-order valence-electron chi connectivity index (χ3n) is 2.40. The molecule has 94 valence electrons. The summed E-state index contributed by atoms with van der Waals surface area (Å²) in [5.74, 6) is 5.40. The maximum absolute atomic E-state index is 12.6. The first-order chi connectivity index (χ1) is 7.31. The fourth-order valence-corrected chi connectivity index (χ4v) is 1.23. The average molecular weight is 238 g/mol. The lowest BCUT2D eigenvalue weighted by atomic mass is 10.2. The first kappa shape index (κ1) is 13.1. The number of rotatable bonds is 3. The highest BCUT2D eigenvalue weighted by Crippen LogP contribution is 2.48. The lowest BCUT2D eigenvalue weighted by molar-refractivity contribution is -0.161. The van der Waals surface area contributed by atoms with Crippen LogP contribution >= 0.6 is 0 Å². The molecule has 0 radical (unpaired) electrons. The van der Waals surface area contributed by atoms with Crippen LogP contribution in [0.1, 0.15) is 26.7 Å².